The fraction of sp³-hybridized carbons (Fsp3) is 0.312. The third kappa shape index (κ3) is 3.39. The lowest BCUT2D eigenvalue weighted by molar-refractivity contribution is -0.115. The number of rotatable bonds is 5. The zero-order valence-corrected chi connectivity index (χ0v) is 13.6. The number of nitrogens with zero attached hydrogens (tertiary/aromatic N) is 2. The molecule has 2 heterocycles. The topological polar surface area (TPSA) is 71.0 Å². The summed E-state index contributed by atoms with van der Waals surface area (Å²) in [4.78, 5) is 30.7. The molecule has 1 aromatic rings. The van der Waals surface area contributed by atoms with Crippen molar-refractivity contribution in [1.29, 1.82) is 0 Å². The Morgan fingerprint density at radius 2 is 2.22 bits per heavy atom. The number of carbonyl (C=O) groups is 2. The normalized spacial score (nSPS) is 15.8. The Balaban J connectivity index is 1.67. The van der Waals surface area contributed by atoms with Gasteiger partial charge in [0.2, 0.25) is 5.91 Å². The molecule has 1 aromatic carbocycles. The third-order valence-corrected chi connectivity index (χ3v) is 4.44. The third-order valence-electron chi connectivity index (χ3n) is 3.49. The molecule has 0 spiro atoms. The van der Waals surface area contributed by atoms with E-state index in [4.69, 9.17) is 4.74 Å². The highest BCUT2D eigenvalue weighted by molar-refractivity contribution is 8.16. The maximum Gasteiger partial charge on any atom is 0.340 e. The summed E-state index contributed by atoms with van der Waals surface area (Å²) in [5, 5.41) is 5.71. The van der Waals surface area contributed by atoms with Gasteiger partial charge in [0, 0.05) is 12.2 Å². The molecule has 6 nitrogen and oxygen atoms in total. The summed E-state index contributed by atoms with van der Waals surface area (Å²) in [6, 6.07) is 6.85. The van der Waals surface area contributed by atoms with Crippen LogP contribution in [-0.4, -0.2) is 41.6 Å². The Labute approximate surface area is 138 Å². The Morgan fingerprint density at radius 1 is 1.39 bits per heavy atom. The van der Waals surface area contributed by atoms with Crippen molar-refractivity contribution in [1.82, 2.24) is 4.90 Å². The number of nitrogens with one attached hydrogen (secondary N) is 1. The van der Waals surface area contributed by atoms with Crippen molar-refractivity contribution < 1.29 is 14.3 Å². The van der Waals surface area contributed by atoms with E-state index in [1.165, 1.54) is 0 Å². The average molecular weight is 331 g/mol. The highest BCUT2D eigenvalue weighted by Crippen LogP contribution is 2.31. The zero-order valence-electron chi connectivity index (χ0n) is 12.7. The predicted molar refractivity (Wildman–Crippen MR) is 90.3 cm³/mol. The summed E-state index contributed by atoms with van der Waals surface area (Å²) in [5.74, 6) is -0.602. The first kappa shape index (κ1) is 15.6. The Morgan fingerprint density at radius 3 is 3.04 bits per heavy atom. The summed E-state index contributed by atoms with van der Waals surface area (Å²) >= 11 is 1.54. The van der Waals surface area contributed by atoms with Gasteiger partial charge in [-0.2, -0.15) is 0 Å². The molecular formula is C16H17N3O3S. The maximum atomic E-state index is 12.3. The summed E-state index contributed by atoms with van der Waals surface area (Å²) in [6.07, 6.45) is 0.253. The van der Waals surface area contributed by atoms with Crippen molar-refractivity contribution in [3.63, 3.8) is 0 Å². The molecule has 0 unspecified atom stereocenters. The minimum atomic E-state index is -0.437. The number of hydrogen-bond donors (Lipinski definition) is 1. The molecule has 120 valence electrons. The van der Waals surface area contributed by atoms with Gasteiger partial charge >= 0.3 is 5.97 Å². The molecule has 0 aromatic heterocycles. The van der Waals surface area contributed by atoms with Crippen LogP contribution in [0.5, 0.6) is 0 Å². The van der Waals surface area contributed by atoms with Gasteiger partial charge in [0.15, 0.2) is 5.17 Å². The van der Waals surface area contributed by atoms with E-state index < -0.39 is 5.97 Å². The Kier molecular flexibility index (Phi) is 4.66. The van der Waals surface area contributed by atoms with Crippen LogP contribution in [0.15, 0.2) is 40.4 Å². The standard InChI is InChI=1S/C16H17N3O3S/c1-2-22-15(21)12-5-3-4-6-13(12)18-14(20)9-11-10-23-16-17-7-8-19(11)16/h3-6,10H,2,7-9H2,1H3,(H,18,20). The van der Waals surface area contributed by atoms with Gasteiger partial charge in [-0.05, 0) is 24.5 Å². The number of ether oxygens (including phenoxy) is 1. The second-order valence-corrected chi connectivity index (χ2v) is 5.87. The number of amides is 1. The van der Waals surface area contributed by atoms with Crippen molar-refractivity contribution in [2.24, 2.45) is 4.99 Å². The number of amidine groups is 1. The van der Waals surface area contributed by atoms with Crippen molar-refractivity contribution in [2.75, 3.05) is 25.0 Å². The number of benzene rings is 1. The lowest BCUT2D eigenvalue weighted by Crippen LogP contribution is -2.24. The highest BCUT2D eigenvalue weighted by Gasteiger charge is 2.27. The van der Waals surface area contributed by atoms with E-state index in [9.17, 15) is 9.59 Å². The molecule has 1 amide bonds. The van der Waals surface area contributed by atoms with Gasteiger partial charge in [0.05, 0.1) is 30.8 Å². The number of anilines is 1. The minimum absolute atomic E-state index is 0.165. The van der Waals surface area contributed by atoms with Crippen LogP contribution in [0.25, 0.3) is 0 Å². The summed E-state index contributed by atoms with van der Waals surface area (Å²) in [5.41, 5.74) is 1.77. The quantitative estimate of drug-likeness (QED) is 0.839. The first-order chi connectivity index (χ1) is 11.2. The van der Waals surface area contributed by atoms with Crippen LogP contribution in [0, 0.1) is 0 Å². The molecule has 0 atom stereocenters. The van der Waals surface area contributed by atoms with Gasteiger partial charge in [-0.3, -0.25) is 9.79 Å². The zero-order chi connectivity index (χ0) is 16.2. The molecule has 0 aliphatic carbocycles. The number of esters is 1. The SMILES string of the molecule is CCOC(=O)c1ccccc1NC(=O)CC1=CSC2=NCCN12. The smallest absolute Gasteiger partial charge is 0.340 e. The van der Waals surface area contributed by atoms with E-state index in [2.05, 4.69) is 15.2 Å². The fourth-order valence-electron chi connectivity index (χ4n) is 2.45. The molecule has 0 bridgehead atoms. The van der Waals surface area contributed by atoms with Gasteiger partial charge in [-0.15, -0.1) is 0 Å². The van der Waals surface area contributed by atoms with Crippen molar-refractivity contribution in [3.8, 4) is 0 Å². The van der Waals surface area contributed by atoms with Gasteiger partial charge in [-0.1, -0.05) is 23.9 Å². The van der Waals surface area contributed by atoms with Crippen LogP contribution in [0.4, 0.5) is 5.69 Å². The van der Waals surface area contributed by atoms with Crippen LogP contribution < -0.4 is 5.32 Å². The molecule has 0 fully saturated rings. The van der Waals surface area contributed by atoms with Gasteiger partial charge in [0.1, 0.15) is 0 Å². The van der Waals surface area contributed by atoms with E-state index in [0.29, 0.717) is 17.9 Å². The number of hydrogen-bond acceptors (Lipinski definition) is 6. The molecule has 2 aliphatic heterocycles. The van der Waals surface area contributed by atoms with Crippen molar-refractivity contribution in [3.05, 3.63) is 40.9 Å². The summed E-state index contributed by atoms with van der Waals surface area (Å²) in [7, 11) is 0. The molecule has 1 N–H and O–H groups in total. The van der Waals surface area contributed by atoms with Gasteiger partial charge in [-0.25, -0.2) is 4.79 Å². The van der Waals surface area contributed by atoms with E-state index in [0.717, 1.165) is 24.0 Å². The van der Waals surface area contributed by atoms with Crippen LogP contribution in [-0.2, 0) is 9.53 Å². The van der Waals surface area contributed by atoms with Crippen molar-refractivity contribution >= 4 is 34.5 Å². The van der Waals surface area contributed by atoms with E-state index in [-0.39, 0.29) is 12.3 Å². The summed E-state index contributed by atoms with van der Waals surface area (Å²) in [6.45, 7) is 3.63. The van der Waals surface area contributed by atoms with Crippen LogP contribution >= 0.6 is 11.8 Å². The Bertz CT molecular complexity index is 700. The molecule has 0 saturated heterocycles. The second kappa shape index (κ2) is 6.87. The molecule has 0 saturated carbocycles. The largest absolute Gasteiger partial charge is 0.462 e. The number of fused-ring (bicyclic) bond motifs is 1. The molecule has 2 aliphatic rings. The lowest BCUT2D eigenvalue weighted by Gasteiger charge is -2.16. The fourth-order valence-corrected chi connectivity index (χ4v) is 3.41. The van der Waals surface area contributed by atoms with Gasteiger partial charge < -0.3 is 15.0 Å². The Hall–Kier alpha value is -2.28. The van der Waals surface area contributed by atoms with Crippen LogP contribution in [0.1, 0.15) is 23.7 Å². The minimum Gasteiger partial charge on any atom is -0.462 e. The van der Waals surface area contributed by atoms with Crippen LogP contribution in [0.2, 0.25) is 0 Å². The lowest BCUT2D eigenvalue weighted by atomic mass is 10.1. The number of thioether (sulfide) groups is 1. The first-order valence-corrected chi connectivity index (χ1v) is 8.30. The number of aliphatic imine (C=N–C) groups is 1. The molecule has 7 heteroatoms. The van der Waals surface area contributed by atoms with Gasteiger partial charge in [0.25, 0.3) is 0 Å². The number of carbonyl (C=O) groups excluding carboxylic acids is 2. The highest BCUT2D eigenvalue weighted by atomic mass is 32.2. The van der Waals surface area contributed by atoms with Crippen molar-refractivity contribution in [2.45, 2.75) is 13.3 Å². The van der Waals surface area contributed by atoms with E-state index in [1.807, 2.05) is 5.41 Å². The molecule has 23 heavy (non-hydrogen) atoms. The van der Waals surface area contributed by atoms with Crippen LogP contribution in [0.3, 0.4) is 0 Å². The van der Waals surface area contributed by atoms with E-state index in [1.54, 1.807) is 43.0 Å². The molecule has 3 rings (SSSR count). The second-order valence-electron chi connectivity index (χ2n) is 5.03. The molecule has 0 radical (unpaired) electrons. The number of para-hydroxylation sites is 1. The average Bonchev–Trinajstić information content (AvgIpc) is 3.13. The first-order valence-electron chi connectivity index (χ1n) is 7.42. The summed E-state index contributed by atoms with van der Waals surface area (Å²) < 4.78 is 5.01. The van der Waals surface area contributed by atoms with E-state index >= 15 is 0 Å². The predicted octanol–water partition coefficient (Wildman–Crippen LogP) is 2.45. The molecular weight excluding hydrogens is 314 g/mol. The monoisotopic (exact) mass is 331 g/mol. The maximum absolute atomic E-state index is 12.3.